The quantitative estimate of drug-likeness (QED) is 0.157. The number of aryl methyl sites for hydroxylation is 1. The van der Waals surface area contributed by atoms with Gasteiger partial charge in [-0.1, -0.05) is 55.5 Å². The Morgan fingerprint density at radius 1 is 0.864 bits per heavy atom. The lowest BCUT2D eigenvalue weighted by atomic mass is 10.1. The van der Waals surface area contributed by atoms with Crippen molar-refractivity contribution in [2.24, 2.45) is 5.92 Å². The van der Waals surface area contributed by atoms with E-state index in [1.54, 1.807) is 43.4 Å². The van der Waals surface area contributed by atoms with E-state index in [4.69, 9.17) is 24.2 Å². The summed E-state index contributed by atoms with van der Waals surface area (Å²) in [7, 11) is 3.09. The number of benzene rings is 4. The van der Waals surface area contributed by atoms with E-state index in [1.165, 1.54) is 16.9 Å². The van der Waals surface area contributed by atoms with Gasteiger partial charge in [0, 0.05) is 65.7 Å². The molecule has 3 aromatic heterocycles. The van der Waals surface area contributed by atoms with Gasteiger partial charge in [0.05, 0.1) is 19.7 Å². The van der Waals surface area contributed by atoms with Crippen LogP contribution in [-0.2, 0) is 16.2 Å². The molecule has 14 heteroatoms. The van der Waals surface area contributed by atoms with E-state index >= 15 is 0 Å². The molecule has 1 atom stereocenters. The maximum Gasteiger partial charge on any atom is 0.253 e. The minimum Gasteiger partial charge on any atom is -0.493 e. The van der Waals surface area contributed by atoms with Gasteiger partial charge in [-0.25, -0.2) is 4.98 Å². The van der Waals surface area contributed by atoms with Gasteiger partial charge in [-0.05, 0) is 79.4 Å². The molecule has 4 aromatic carbocycles. The van der Waals surface area contributed by atoms with Gasteiger partial charge in [-0.15, -0.1) is 0 Å². The summed E-state index contributed by atoms with van der Waals surface area (Å²) in [5.41, 5.74) is 3.43. The van der Waals surface area contributed by atoms with Crippen molar-refractivity contribution in [3.63, 3.8) is 0 Å². The van der Waals surface area contributed by atoms with Gasteiger partial charge in [0.2, 0.25) is 22.5 Å². The maximum absolute atomic E-state index is 13.6. The SMILES string of the molecule is COc1cc2nc(N3CCN(C(=O)c4ccc(OCc5ccccc5)cc4)CC3)nc(NC(=O)C3CCCN3C(=O)C(C)C)c2cc1OC.Cc1cc2ccc1sc2=O. The number of likely N-dealkylation sites (tertiary alicyclic amines) is 1. The molecule has 59 heavy (non-hydrogen) atoms. The van der Waals surface area contributed by atoms with E-state index in [0.717, 1.165) is 22.1 Å². The summed E-state index contributed by atoms with van der Waals surface area (Å²) >= 11 is 1.33. The van der Waals surface area contributed by atoms with Crippen molar-refractivity contribution in [2.45, 2.75) is 46.3 Å². The topological polar surface area (TPSA) is 144 Å². The molecule has 0 aliphatic carbocycles. The third kappa shape index (κ3) is 9.23. The number of nitrogens with one attached hydrogen (secondary N) is 1. The predicted octanol–water partition coefficient (Wildman–Crippen LogP) is 6.78. The Morgan fingerprint density at radius 3 is 2.19 bits per heavy atom. The molecule has 1 N–H and O–H groups in total. The van der Waals surface area contributed by atoms with Crippen molar-refractivity contribution in [2.75, 3.05) is 57.2 Å². The van der Waals surface area contributed by atoms with Gasteiger partial charge in [0.1, 0.15) is 24.2 Å². The number of piperazine rings is 1. The number of amides is 3. The molecule has 2 saturated heterocycles. The number of carbonyl (C=O) groups excluding carboxylic acids is 3. The standard InChI is InChI=1S/C37H42N6O6.C8H6OS/c1-24(2)35(45)43-16-8-11-30(43)34(44)39-33-28-21-31(47-3)32(48-4)22-29(28)38-37(40-33)42-19-17-41(18-20-42)36(46)26-12-14-27(15-13-26)49-23-25-9-6-5-7-10-25;1-5-4-6-2-3-7(5)10-8(6)9/h5-7,9-10,12-15,21-22,24,30H,8,11,16-20,23H2,1-4H3,(H,38,39,40,44);2-4H,1H3. The second-order valence-corrected chi connectivity index (χ2v) is 15.9. The summed E-state index contributed by atoms with van der Waals surface area (Å²) < 4.78 is 18.2. The molecular formula is C45H48N6O7S. The zero-order valence-electron chi connectivity index (χ0n) is 33.9. The van der Waals surface area contributed by atoms with Gasteiger partial charge < -0.3 is 34.2 Å². The summed E-state index contributed by atoms with van der Waals surface area (Å²) in [5, 5.41) is 4.42. The first-order chi connectivity index (χ1) is 28.5. The monoisotopic (exact) mass is 816 g/mol. The molecule has 5 heterocycles. The molecule has 0 spiro atoms. The summed E-state index contributed by atoms with van der Waals surface area (Å²) in [6, 6.07) is 25.9. The molecule has 2 aliphatic heterocycles. The van der Waals surface area contributed by atoms with Crippen LogP contribution in [0.4, 0.5) is 11.8 Å². The summed E-state index contributed by atoms with van der Waals surface area (Å²) in [5.74, 6) is 1.80. The zero-order chi connectivity index (χ0) is 41.6. The van der Waals surface area contributed by atoms with Crippen molar-refractivity contribution in [1.82, 2.24) is 19.8 Å². The molecular weight excluding hydrogens is 769 g/mol. The van der Waals surface area contributed by atoms with Gasteiger partial charge >= 0.3 is 0 Å². The van der Waals surface area contributed by atoms with Gasteiger partial charge in [0.15, 0.2) is 11.5 Å². The number of methoxy groups -OCH3 is 2. The summed E-state index contributed by atoms with van der Waals surface area (Å²) in [6.07, 6.45) is 1.34. The largest absolute Gasteiger partial charge is 0.493 e. The number of hydrogen-bond acceptors (Lipinski definition) is 11. The molecule has 1 unspecified atom stereocenters. The molecule has 9 rings (SSSR count). The second-order valence-electron chi connectivity index (χ2n) is 14.9. The fourth-order valence-electron chi connectivity index (χ4n) is 7.29. The molecule has 2 fully saturated rings. The number of rotatable bonds is 10. The Kier molecular flexibility index (Phi) is 12.6. The molecule has 2 bridgehead atoms. The fourth-order valence-corrected chi connectivity index (χ4v) is 8.09. The maximum atomic E-state index is 13.6. The Bertz CT molecular complexity index is 2490. The molecule has 3 amide bonds. The lowest BCUT2D eigenvalue weighted by molar-refractivity contribution is -0.139. The lowest BCUT2D eigenvalue weighted by Crippen LogP contribution is -2.49. The van der Waals surface area contributed by atoms with E-state index in [2.05, 4.69) is 5.32 Å². The number of carbonyl (C=O) groups is 3. The molecule has 13 nitrogen and oxygen atoms in total. The Labute approximate surface area is 346 Å². The highest BCUT2D eigenvalue weighted by Gasteiger charge is 2.35. The van der Waals surface area contributed by atoms with Crippen molar-refractivity contribution < 1.29 is 28.6 Å². The van der Waals surface area contributed by atoms with E-state index in [1.807, 2.05) is 91.2 Å². The van der Waals surface area contributed by atoms with Crippen LogP contribution in [0.25, 0.3) is 21.0 Å². The average Bonchev–Trinajstić information content (AvgIpc) is 3.76. The van der Waals surface area contributed by atoms with Crippen LogP contribution in [0.15, 0.2) is 89.7 Å². The molecule has 0 radical (unpaired) electrons. The van der Waals surface area contributed by atoms with Gasteiger partial charge in [0.25, 0.3) is 5.91 Å². The minimum atomic E-state index is -0.581. The van der Waals surface area contributed by atoms with Crippen LogP contribution in [0.2, 0.25) is 0 Å². The smallest absolute Gasteiger partial charge is 0.253 e. The number of ether oxygens (including phenoxy) is 3. The van der Waals surface area contributed by atoms with Gasteiger partial charge in [-0.2, -0.15) is 4.98 Å². The molecule has 2 aliphatic rings. The van der Waals surface area contributed by atoms with Crippen LogP contribution >= 0.6 is 11.3 Å². The second kappa shape index (κ2) is 18.1. The van der Waals surface area contributed by atoms with E-state index in [0.29, 0.717) is 91.2 Å². The fraction of sp³-hybridized carbons (Fsp3) is 0.333. The number of anilines is 2. The van der Waals surface area contributed by atoms with E-state index in [9.17, 15) is 19.2 Å². The average molecular weight is 817 g/mol. The Morgan fingerprint density at radius 2 is 1.58 bits per heavy atom. The number of nitrogens with zero attached hydrogens (tertiary/aromatic N) is 5. The zero-order valence-corrected chi connectivity index (χ0v) is 34.7. The molecule has 7 aromatic rings. The highest BCUT2D eigenvalue weighted by molar-refractivity contribution is 7.16. The van der Waals surface area contributed by atoms with Crippen molar-refractivity contribution in [3.8, 4) is 17.2 Å². The normalized spacial score (nSPS) is 15.3. The highest BCUT2D eigenvalue weighted by Crippen LogP contribution is 2.36. The van der Waals surface area contributed by atoms with Crippen LogP contribution in [0, 0.1) is 12.8 Å². The van der Waals surface area contributed by atoms with Crippen molar-refractivity contribution in [1.29, 1.82) is 0 Å². The van der Waals surface area contributed by atoms with E-state index < -0.39 is 6.04 Å². The number of hydrogen-bond donors (Lipinski definition) is 1. The summed E-state index contributed by atoms with van der Waals surface area (Å²) in [4.78, 5) is 66.0. The number of aromatic nitrogens is 2. The van der Waals surface area contributed by atoms with Crippen LogP contribution in [-0.4, -0.2) is 90.5 Å². The first-order valence-corrected chi connectivity index (χ1v) is 20.5. The minimum absolute atomic E-state index is 0.0444. The van der Waals surface area contributed by atoms with Crippen LogP contribution < -0.4 is 29.2 Å². The molecule has 306 valence electrons. The molecule has 0 saturated carbocycles. The van der Waals surface area contributed by atoms with Crippen molar-refractivity contribution >= 4 is 61.8 Å². The lowest BCUT2D eigenvalue weighted by Gasteiger charge is -2.35. The Hall–Kier alpha value is -6.28. The van der Waals surface area contributed by atoms with Crippen LogP contribution in [0.5, 0.6) is 17.2 Å². The first kappa shape index (κ1) is 40.9. The third-order valence-electron chi connectivity index (χ3n) is 10.6. The summed E-state index contributed by atoms with van der Waals surface area (Å²) in [6.45, 7) is 8.63. The van der Waals surface area contributed by atoms with Crippen LogP contribution in [0.3, 0.4) is 0 Å². The van der Waals surface area contributed by atoms with Crippen molar-refractivity contribution in [3.05, 3.63) is 111 Å². The predicted molar refractivity (Wildman–Crippen MR) is 230 cm³/mol. The Balaban J connectivity index is 0.000000457. The van der Waals surface area contributed by atoms with Crippen LogP contribution in [0.1, 0.15) is 48.2 Å². The first-order valence-electron chi connectivity index (χ1n) is 19.7. The van der Waals surface area contributed by atoms with Gasteiger partial charge in [-0.3, -0.25) is 19.2 Å². The highest BCUT2D eigenvalue weighted by atomic mass is 32.1. The third-order valence-corrected chi connectivity index (χ3v) is 11.7. The van der Waals surface area contributed by atoms with E-state index in [-0.39, 0.29) is 28.4 Å². The number of fused-ring (bicyclic) bond motifs is 4.